The second kappa shape index (κ2) is 12.8. The van der Waals surface area contributed by atoms with Crippen LogP contribution in [0.25, 0.3) is 0 Å². The third-order valence-electron chi connectivity index (χ3n) is 16.0. The van der Waals surface area contributed by atoms with E-state index in [4.69, 9.17) is 4.74 Å². The summed E-state index contributed by atoms with van der Waals surface area (Å²) in [6.45, 7) is 23.8. The fourth-order valence-corrected chi connectivity index (χ4v) is 13.0. The van der Waals surface area contributed by atoms with E-state index in [0.29, 0.717) is 18.3 Å². The van der Waals surface area contributed by atoms with E-state index in [1.54, 1.807) is 13.8 Å². The number of hydrogen-bond donors (Lipinski definition) is 2. The van der Waals surface area contributed by atoms with Gasteiger partial charge in [0, 0.05) is 23.4 Å². The molecule has 4 saturated carbocycles. The molecule has 1 aromatic carbocycles. The highest BCUT2D eigenvalue weighted by Gasteiger charge is 2.70. The van der Waals surface area contributed by atoms with Crippen molar-refractivity contribution in [3.63, 3.8) is 0 Å². The number of ketones is 1. The summed E-state index contributed by atoms with van der Waals surface area (Å²) < 4.78 is 6.16. The van der Waals surface area contributed by atoms with Crippen LogP contribution in [0.5, 0.6) is 0 Å². The number of ether oxygens (including phenoxy) is 1. The molecule has 7 nitrogen and oxygen atoms in total. The smallest absolute Gasteiger partial charge is 0.309 e. The first-order chi connectivity index (χ1) is 24.1. The van der Waals surface area contributed by atoms with Gasteiger partial charge in [-0.25, -0.2) is 0 Å². The van der Waals surface area contributed by atoms with E-state index in [0.717, 1.165) is 61.8 Å². The number of aliphatic carboxylic acids is 1. The van der Waals surface area contributed by atoms with E-state index in [2.05, 4.69) is 73.7 Å². The molecule has 6 rings (SSSR count). The Bertz CT molecular complexity index is 1690. The number of amides is 1. The molecule has 286 valence electrons. The fraction of sp³-hybridized carbons (Fsp3) is 0.733. The highest BCUT2D eigenvalue weighted by atomic mass is 16.5. The second-order valence-corrected chi connectivity index (χ2v) is 20.2. The second-order valence-electron chi connectivity index (χ2n) is 20.2. The number of carboxylic acids is 1. The Morgan fingerprint density at radius 1 is 0.923 bits per heavy atom. The molecule has 0 heterocycles. The third kappa shape index (κ3) is 5.63. The minimum Gasteiger partial charge on any atom is -0.481 e. The molecule has 0 radical (unpaired) electrons. The molecule has 0 spiro atoms. The minimum absolute atomic E-state index is 0.00837. The molecule has 3 unspecified atom stereocenters. The third-order valence-corrected chi connectivity index (χ3v) is 16.0. The number of nitrogens with one attached hydrogen (secondary N) is 1. The number of esters is 1. The van der Waals surface area contributed by atoms with Crippen LogP contribution in [0.2, 0.25) is 0 Å². The van der Waals surface area contributed by atoms with Gasteiger partial charge in [-0.1, -0.05) is 86.1 Å². The summed E-state index contributed by atoms with van der Waals surface area (Å²) in [5.74, 6) is -0.265. The lowest BCUT2D eigenvalue weighted by molar-refractivity contribution is -0.214. The lowest BCUT2D eigenvalue weighted by Gasteiger charge is -2.70. The predicted octanol–water partition coefficient (Wildman–Crippen LogP) is 10.1. The molecular weight excluding hydrogens is 650 g/mol. The first-order valence-corrected chi connectivity index (χ1v) is 20.2. The molecule has 1 amide bonds. The summed E-state index contributed by atoms with van der Waals surface area (Å²) >= 11 is 0. The van der Waals surface area contributed by atoms with Crippen molar-refractivity contribution in [3.8, 4) is 0 Å². The van der Waals surface area contributed by atoms with E-state index in [1.165, 1.54) is 5.57 Å². The van der Waals surface area contributed by atoms with Crippen LogP contribution >= 0.6 is 0 Å². The number of anilines is 1. The number of carboxylic acid groups (broad SMARTS) is 1. The zero-order chi connectivity index (χ0) is 38.4. The molecule has 0 bridgehead atoms. The molecule has 0 aliphatic heterocycles. The first-order valence-electron chi connectivity index (χ1n) is 20.2. The van der Waals surface area contributed by atoms with Gasteiger partial charge in [0.15, 0.2) is 0 Å². The monoisotopic (exact) mass is 715 g/mol. The quantitative estimate of drug-likeness (QED) is 0.205. The topological polar surface area (TPSA) is 110 Å². The zero-order valence-electron chi connectivity index (χ0n) is 33.8. The van der Waals surface area contributed by atoms with E-state index >= 15 is 0 Å². The average molecular weight is 716 g/mol. The summed E-state index contributed by atoms with van der Waals surface area (Å²) in [6.07, 6.45) is 7.19. The van der Waals surface area contributed by atoms with Crippen LogP contribution in [-0.4, -0.2) is 34.8 Å². The number of carbonyl (C=O) groups is 4. The normalized spacial score (nSPS) is 36.8. The van der Waals surface area contributed by atoms with Crippen molar-refractivity contribution < 1.29 is 29.0 Å². The molecule has 1 aromatic rings. The molecule has 4 fully saturated rings. The molecule has 0 saturated heterocycles. The molecule has 8 atom stereocenters. The number of carbonyl (C=O) groups excluding carboxylic acids is 3. The average Bonchev–Trinajstić information content (AvgIpc) is 3.36. The van der Waals surface area contributed by atoms with Gasteiger partial charge in [-0.2, -0.15) is 0 Å². The van der Waals surface area contributed by atoms with Crippen LogP contribution < -0.4 is 5.32 Å². The lowest BCUT2D eigenvalue weighted by atomic mass is 9.34. The maximum atomic E-state index is 14.8. The largest absolute Gasteiger partial charge is 0.481 e. The van der Waals surface area contributed by atoms with E-state index < -0.39 is 22.8 Å². The van der Waals surface area contributed by atoms with Crippen molar-refractivity contribution in [1.29, 1.82) is 0 Å². The summed E-state index contributed by atoms with van der Waals surface area (Å²) in [4.78, 5) is 53.7. The number of fused-ring (bicyclic) bond motifs is 6. The molecular formula is C45H65NO6. The van der Waals surface area contributed by atoms with Crippen molar-refractivity contribution in [1.82, 2.24) is 0 Å². The Kier molecular flexibility index (Phi) is 9.56. The van der Waals surface area contributed by atoms with Crippen molar-refractivity contribution in [2.75, 3.05) is 5.32 Å². The van der Waals surface area contributed by atoms with Crippen LogP contribution in [0.4, 0.5) is 5.69 Å². The Labute approximate surface area is 312 Å². The molecule has 7 heteroatoms. The van der Waals surface area contributed by atoms with Crippen molar-refractivity contribution in [3.05, 3.63) is 41.0 Å². The summed E-state index contributed by atoms with van der Waals surface area (Å²) in [5, 5.41) is 13.0. The van der Waals surface area contributed by atoms with Gasteiger partial charge in [0.1, 0.15) is 11.9 Å². The van der Waals surface area contributed by atoms with E-state index in [-0.39, 0.29) is 70.0 Å². The number of rotatable bonds is 8. The summed E-state index contributed by atoms with van der Waals surface area (Å²) in [7, 11) is 0. The Morgan fingerprint density at radius 2 is 1.60 bits per heavy atom. The summed E-state index contributed by atoms with van der Waals surface area (Å²) in [6, 6.07) is 8.09. The van der Waals surface area contributed by atoms with Gasteiger partial charge in [-0.3, -0.25) is 19.2 Å². The van der Waals surface area contributed by atoms with E-state index in [9.17, 15) is 24.3 Å². The van der Waals surface area contributed by atoms with Gasteiger partial charge in [-0.15, -0.1) is 0 Å². The standard InChI is InChI=1S/C45H65NO6/c1-26(2)28-14-12-13-15-30(28)46-38(49)45-23-22-43(10)29(37(45)36(27(3)4)31(47)24-45)16-17-33-42(9)20-19-34(52-35(48)25-40(5,6)39(50)51)41(7,8)32(42)18-21-44(33,43)11/h12-15,26-27,32-34,36H,16-25H2,1-11H3,(H,46,49)(H,50,51)/t32?,33?,34-,36?,42-,43+,44+,45+/m0/s1. The maximum absolute atomic E-state index is 14.8. The van der Waals surface area contributed by atoms with Crippen LogP contribution in [0.1, 0.15) is 152 Å². The Hall–Kier alpha value is -2.96. The van der Waals surface area contributed by atoms with Gasteiger partial charge in [0.2, 0.25) is 5.91 Å². The fourth-order valence-electron chi connectivity index (χ4n) is 13.0. The zero-order valence-corrected chi connectivity index (χ0v) is 33.8. The SMILES string of the molecule is CC(C)c1ccccc1NC(=O)[C@@]12CC[C@]3(C)C(=C1C(C(C)C)C(=O)C2)CCC1[C@@]2(C)CC[C@H](OC(=O)CC(C)(C)C(=O)O)C(C)(C)C2CC[C@]13C. The van der Waals surface area contributed by atoms with Gasteiger partial charge in [0.05, 0.1) is 17.3 Å². The molecule has 2 N–H and O–H groups in total. The van der Waals surface area contributed by atoms with Crippen molar-refractivity contribution in [2.24, 2.45) is 56.2 Å². The van der Waals surface area contributed by atoms with Gasteiger partial charge >= 0.3 is 11.9 Å². The molecule has 0 aromatic heterocycles. The highest BCUT2D eigenvalue weighted by Crippen LogP contribution is 2.76. The number of benzene rings is 1. The molecule has 5 aliphatic rings. The van der Waals surface area contributed by atoms with Gasteiger partial charge in [-0.05, 0) is 122 Å². The van der Waals surface area contributed by atoms with Crippen molar-refractivity contribution in [2.45, 2.75) is 152 Å². The molecule has 5 aliphatic carbocycles. The van der Waals surface area contributed by atoms with Crippen LogP contribution in [0, 0.1) is 56.2 Å². The van der Waals surface area contributed by atoms with Crippen LogP contribution in [0.3, 0.4) is 0 Å². The number of Topliss-reactive ketones (excluding diaryl/α,β-unsaturated/α-hetero) is 1. The van der Waals surface area contributed by atoms with Gasteiger partial charge < -0.3 is 15.2 Å². The minimum atomic E-state index is -1.17. The first kappa shape index (κ1) is 38.8. The highest BCUT2D eigenvalue weighted by molar-refractivity contribution is 6.06. The Balaban J connectivity index is 1.34. The number of para-hydroxylation sites is 1. The van der Waals surface area contributed by atoms with Crippen LogP contribution in [-0.2, 0) is 23.9 Å². The van der Waals surface area contributed by atoms with Gasteiger partial charge in [0.25, 0.3) is 0 Å². The molecule has 52 heavy (non-hydrogen) atoms. The van der Waals surface area contributed by atoms with Crippen LogP contribution in [0.15, 0.2) is 35.4 Å². The van der Waals surface area contributed by atoms with E-state index in [1.807, 2.05) is 18.2 Å². The lowest BCUT2D eigenvalue weighted by Crippen LogP contribution is -2.64. The van der Waals surface area contributed by atoms with Crippen molar-refractivity contribution >= 4 is 29.3 Å². The predicted molar refractivity (Wildman–Crippen MR) is 205 cm³/mol. The number of hydrogen-bond acceptors (Lipinski definition) is 5. The Morgan fingerprint density at radius 3 is 2.23 bits per heavy atom. The number of allylic oxidation sites excluding steroid dienone is 1. The maximum Gasteiger partial charge on any atom is 0.309 e. The summed E-state index contributed by atoms with van der Waals surface area (Å²) in [5.41, 5.74) is 2.18.